The lowest BCUT2D eigenvalue weighted by Gasteiger charge is -2.15. The lowest BCUT2D eigenvalue weighted by atomic mass is 10.1. The number of rotatable bonds is 5. The molecule has 6 heteroatoms. The smallest absolute Gasteiger partial charge is 0.251 e. The number of halogens is 2. The van der Waals surface area contributed by atoms with Gasteiger partial charge in [0.1, 0.15) is 0 Å². The zero-order chi connectivity index (χ0) is 16.8. The molecule has 0 heterocycles. The van der Waals surface area contributed by atoms with Crippen molar-refractivity contribution in [3.63, 3.8) is 0 Å². The zero-order valence-electron chi connectivity index (χ0n) is 12.5. The van der Waals surface area contributed by atoms with Crippen LogP contribution < -0.4 is 10.6 Å². The van der Waals surface area contributed by atoms with Crippen LogP contribution in [0.2, 0.25) is 10.0 Å². The largest absolute Gasteiger partial charge is 0.348 e. The Morgan fingerprint density at radius 3 is 2.35 bits per heavy atom. The number of hydrogen-bond acceptors (Lipinski definition) is 2. The molecule has 0 aliphatic heterocycles. The molecule has 120 valence electrons. The molecule has 0 fully saturated rings. The average molecular weight is 351 g/mol. The molecule has 2 amide bonds. The Hall–Kier alpha value is -2.04. The van der Waals surface area contributed by atoms with Crippen LogP contribution in [0.3, 0.4) is 0 Å². The summed E-state index contributed by atoms with van der Waals surface area (Å²) in [5.41, 5.74) is 1.31. The second-order valence-corrected chi connectivity index (χ2v) is 5.91. The van der Waals surface area contributed by atoms with Crippen LogP contribution in [0.5, 0.6) is 0 Å². The Morgan fingerprint density at radius 1 is 1.04 bits per heavy atom. The molecule has 1 atom stereocenters. The Morgan fingerprint density at radius 2 is 1.70 bits per heavy atom. The summed E-state index contributed by atoms with van der Waals surface area (Å²) in [6.07, 6.45) is 0. The molecule has 2 rings (SSSR count). The van der Waals surface area contributed by atoms with Crippen LogP contribution in [-0.2, 0) is 4.79 Å². The third-order valence-corrected chi connectivity index (χ3v) is 3.69. The van der Waals surface area contributed by atoms with E-state index in [-0.39, 0.29) is 24.4 Å². The van der Waals surface area contributed by atoms with Gasteiger partial charge in [-0.25, -0.2) is 0 Å². The summed E-state index contributed by atoms with van der Waals surface area (Å²) >= 11 is 11.8. The van der Waals surface area contributed by atoms with Crippen molar-refractivity contribution in [3.8, 4) is 0 Å². The van der Waals surface area contributed by atoms with Gasteiger partial charge in [0.2, 0.25) is 5.91 Å². The minimum absolute atomic E-state index is 0.115. The third-order valence-electron chi connectivity index (χ3n) is 3.22. The van der Waals surface area contributed by atoms with Crippen LogP contribution in [0.1, 0.15) is 28.9 Å². The van der Waals surface area contributed by atoms with Gasteiger partial charge in [-0.3, -0.25) is 9.59 Å². The predicted octanol–water partition coefficient (Wildman–Crippen LogP) is 3.60. The Bertz CT molecular complexity index is 719. The van der Waals surface area contributed by atoms with Gasteiger partial charge in [0.15, 0.2) is 0 Å². The first-order valence-electron chi connectivity index (χ1n) is 7.04. The number of hydrogen-bond donors (Lipinski definition) is 2. The summed E-state index contributed by atoms with van der Waals surface area (Å²) < 4.78 is 0. The van der Waals surface area contributed by atoms with Gasteiger partial charge in [-0.2, -0.15) is 0 Å². The van der Waals surface area contributed by atoms with Crippen LogP contribution in [0.15, 0.2) is 48.5 Å². The van der Waals surface area contributed by atoms with Crippen molar-refractivity contribution < 1.29 is 9.59 Å². The van der Waals surface area contributed by atoms with Crippen molar-refractivity contribution in [3.05, 3.63) is 69.7 Å². The average Bonchev–Trinajstić information content (AvgIpc) is 2.52. The molecule has 2 aromatic carbocycles. The number of carbonyl (C=O) groups excluding carboxylic acids is 2. The van der Waals surface area contributed by atoms with Crippen LogP contribution in [0.4, 0.5) is 0 Å². The molecule has 0 aliphatic rings. The van der Waals surface area contributed by atoms with E-state index in [0.29, 0.717) is 15.6 Å². The lowest BCUT2D eigenvalue weighted by molar-refractivity contribution is -0.120. The molecular weight excluding hydrogens is 335 g/mol. The summed E-state index contributed by atoms with van der Waals surface area (Å²) in [7, 11) is 0. The molecule has 0 aliphatic carbocycles. The third kappa shape index (κ3) is 5.27. The first-order chi connectivity index (χ1) is 11.0. The fraction of sp³-hybridized carbons (Fsp3) is 0.176. The number of carbonyl (C=O) groups is 2. The second kappa shape index (κ2) is 7.99. The highest BCUT2D eigenvalue weighted by Gasteiger charge is 2.12. The second-order valence-electron chi connectivity index (χ2n) is 5.04. The van der Waals surface area contributed by atoms with Crippen molar-refractivity contribution in [2.75, 3.05) is 6.54 Å². The topological polar surface area (TPSA) is 58.2 Å². The molecule has 4 nitrogen and oxygen atoms in total. The number of amides is 2. The first kappa shape index (κ1) is 17.3. The maximum absolute atomic E-state index is 11.9. The highest BCUT2D eigenvalue weighted by molar-refractivity contribution is 6.31. The monoisotopic (exact) mass is 350 g/mol. The Balaban J connectivity index is 1.86. The molecule has 0 spiro atoms. The Kier molecular flexibility index (Phi) is 6.02. The van der Waals surface area contributed by atoms with E-state index in [1.165, 1.54) is 0 Å². The van der Waals surface area contributed by atoms with Crippen molar-refractivity contribution >= 4 is 35.0 Å². The highest BCUT2D eigenvalue weighted by atomic mass is 35.5. The molecule has 2 N–H and O–H groups in total. The zero-order valence-corrected chi connectivity index (χ0v) is 14.0. The number of benzene rings is 2. The molecule has 0 aromatic heterocycles. The minimum atomic E-state index is -0.349. The summed E-state index contributed by atoms with van der Waals surface area (Å²) in [5, 5.41) is 6.44. The van der Waals surface area contributed by atoms with Crippen molar-refractivity contribution in [1.82, 2.24) is 10.6 Å². The maximum Gasteiger partial charge on any atom is 0.251 e. The lowest BCUT2D eigenvalue weighted by Crippen LogP contribution is -2.38. The summed E-state index contributed by atoms with van der Waals surface area (Å²) in [6.45, 7) is 1.73. The van der Waals surface area contributed by atoms with Gasteiger partial charge in [-0.05, 0) is 42.8 Å². The van der Waals surface area contributed by atoms with Crippen molar-refractivity contribution in [1.29, 1.82) is 0 Å². The maximum atomic E-state index is 11.9. The van der Waals surface area contributed by atoms with Gasteiger partial charge in [0.25, 0.3) is 5.91 Å². The van der Waals surface area contributed by atoms with Crippen LogP contribution in [-0.4, -0.2) is 18.4 Å². The predicted molar refractivity (Wildman–Crippen MR) is 91.8 cm³/mol. The molecular formula is C17H16Cl2N2O2. The molecule has 0 bridgehead atoms. The van der Waals surface area contributed by atoms with E-state index < -0.39 is 0 Å². The molecule has 1 unspecified atom stereocenters. The van der Waals surface area contributed by atoms with E-state index in [4.69, 9.17) is 23.2 Å². The summed E-state index contributed by atoms with van der Waals surface area (Å²) in [5.74, 6) is -0.633. The van der Waals surface area contributed by atoms with Crippen molar-refractivity contribution in [2.24, 2.45) is 0 Å². The quantitative estimate of drug-likeness (QED) is 0.865. The first-order valence-corrected chi connectivity index (χ1v) is 7.80. The normalized spacial score (nSPS) is 11.6. The molecule has 2 aromatic rings. The standard InChI is InChI=1S/C17H16Cl2N2O2/c1-11(12-4-2-6-14(18)8-12)21-16(22)10-20-17(23)13-5-3-7-15(19)9-13/h2-9,11H,10H2,1H3,(H,20,23)(H,21,22). The van der Waals surface area contributed by atoms with E-state index in [2.05, 4.69) is 10.6 Å². The van der Waals surface area contributed by atoms with Crippen molar-refractivity contribution in [2.45, 2.75) is 13.0 Å². The van der Waals surface area contributed by atoms with E-state index in [1.807, 2.05) is 19.1 Å². The Labute approximate surface area is 144 Å². The van der Waals surface area contributed by atoms with E-state index >= 15 is 0 Å². The van der Waals surface area contributed by atoms with Gasteiger partial charge in [-0.1, -0.05) is 41.4 Å². The van der Waals surface area contributed by atoms with Crippen LogP contribution in [0.25, 0.3) is 0 Å². The van der Waals surface area contributed by atoms with Gasteiger partial charge in [0.05, 0.1) is 12.6 Å². The van der Waals surface area contributed by atoms with E-state index in [9.17, 15) is 9.59 Å². The van der Waals surface area contributed by atoms with Gasteiger partial charge in [-0.15, -0.1) is 0 Å². The fourth-order valence-electron chi connectivity index (χ4n) is 2.04. The molecule has 0 saturated carbocycles. The molecule has 0 radical (unpaired) electrons. The van der Waals surface area contributed by atoms with Crippen LogP contribution >= 0.6 is 23.2 Å². The number of nitrogens with one attached hydrogen (secondary N) is 2. The van der Waals surface area contributed by atoms with Gasteiger partial charge < -0.3 is 10.6 Å². The van der Waals surface area contributed by atoms with Crippen LogP contribution in [0, 0.1) is 0 Å². The molecule has 23 heavy (non-hydrogen) atoms. The summed E-state index contributed by atoms with van der Waals surface area (Å²) in [4.78, 5) is 23.9. The SMILES string of the molecule is CC(NC(=O)CNC(=O)c1cccc(Cl)c1)c1cccc(Cl)c1. The highest BCUT2D eigenvalue weighted by Crippen LogP contribution is 2.17. The van der Waals surface area contributed by atoms with E-state index in [1.54, 1.807) is 36.4 Å². The molecule has 0 saturated heterocycles. The fourth-order valence-corrected chi connectivity index (χ4v) is 2.43. The minimum Gasteiger partial charge on any atom is -0.348 e. The van der Waals surface area contributed by atoms with Gasteiger partial charge >= 0.3 is 0 Å². The van der Waals surface area contributed by atoms with E-state index in [0.717, 1.165) is 5.56 Å². The van der Waals surface area contributed by atoms with Gasteiger partial charge in [0, 0.05) is 15.6 Å². The summed E-state index contributed by atoms with van der Waals surface area (Å²) in [6, 6.07) is 13.6.